The minimum Gasteiger partial charge on any atom is -0.457 e. The number of benzene rings is 1. The van der Waals surface area contributed by atoms with Crippen molar-refractivity contribution in [1.29, 1.82) is 0 Å². The lowest BCUT2D eigenvalue weighted by molar-refractivity contribution is 0.102. The molecular formula is C14H11BrN4O2. The maximum absolute atomic E-state index is 12.0. The van der Waals surface area contributed by atoms with Crippen LogP contribution >= 0.6 is 15.9 Å². The smallest absolute Gasteiger partial charge is 0.260 e. The average Bonchev–Trinajstić information content (AvgIpc) is 3.12. The van der Waals surface area contributed by atoms with E-state index in [1.54, 1.807) is 17.1 Å². The van der Waals surface area contributed by atoms with Crippen LogP contribution in [0.3, 0.4) is 0 Å². The van der Waals surface area contributed by atoms with E-state index in [2.05, 4.69) is 31.3 Å². The molecule has 1 amide bonds. The molecule has 0 spiro atoms. The number of halogens is 1. The van der Waals surface area contributed by atoms with Gasteiger partial charge in [0, 0.05) is 5.69 Å². The van der Waals surface area contributed by atoms with Crippen molar-refractivity contribution in [2.24, 2.45) is 0 Å². The summed E-state index contributed by atoms with van der Waals surface area (Å²) in [7, 11) is 0. The van der Waals surface area contributed by atoms with Gasteiger partial charge in [-0.1, -0.05) is 12.1 Å². The van der Waals surface area contributed by atoms with Crippen LogP contribution in [0.4, 0.5) is 5.69 Å². The summed E-state index contributed by atoms with van der Waals surface area (Å²) in [5.41, 5.74) is 2.25. The molecule has 3 aromatic rings. The minimum absolute atomic E-state index is 0.223. The molecule has 0 aliphatic heterocycles. The van der Waals surface area contributed by atoms with Gasteiger partial charge in [0.1, 0.15) is 12.7 Å². The number of anilines is 1. The summed E-state index contributed by atoms with van der Waals surface area (Å²) in [6.07, 6.45) is 4.61. The number of rotatable bonds is 4. The average molecular weight is 347 g/mol. The Labute approximate surface area is 128 Å². The van der Waals surface area contributed by atoms with Gasteiger partial charge in [0.2, 0.25) is 0 Å². The Bertz CT molecular complexity index is 735. The zero-order valence-electron chi connectivity index (χ0n) is 10.9. The van der Waals surface area contributed by atoms with E-state index in [4.69, 9.17) is 4.42 Å². The molecule has 3 rings (SSSR count). The van der Waals surface area contributed by atoms with Crippen LogP contribution in [0.2, 0.25) is 0 Å². The molecule has 0 saturated heterocycles. The van der Waals surface area contributed by atoms with E-state index in [0.717, 1.165) is 11.3 Å². The summed E-state index contributed by atoms with van der Waals surface area (Å²) in [5.74, 6) is -0.223. The van der Waals surface area contributed by atoms with E-state index < -0.39 is 0 Å². The molecule has 0 saturated carbocycles. The first kappa shape index (κ1) is 13.6. The number of carbonyl (C=O) groups is 1. The largest absolute Gasteiger partial charge is 0.457 e. The Balaban J connectivity index is 1.67. The number of carbonyl (C=O) groups excluding carboxylic acids is 1. The maximum Gasteiger partial charge on any atom is 0.260 e. The summed E-state index contributed by atoms with van der Waals surface area (Å²) in [4.78, 5) is 15.9. The summed E-state index contributed by atoms with van der Waals surface area (Å²) >= 11 is 3.18. The maximum atomic E-state index is 12.0. The van der Waals surface area contributed by atoms with Gasteiger partial charge in [0.25, 0.3) is 5.91 Å². The monoisotopic (exact) mass is 346 g/mol. The second-order valence-corrected chi connectivity index (χ2v) is 5.07. The van der Waals surface area contributed by atoms with Gasteiger partial charge in [-0.3, -0.25) is 4.79 Å². The predicted molar refractivity (Wildman–Crippen MR) is 79.9 cm³/mol. The van der Waals surface area contributed by atoms with Crippen LogP contribution < -0.4 is 5.32 Å². The standard InChI is InChI=1S/C14H11BrN4O2/c15-13-12(5-6-21-13)14(20)18-11-3-1-10(2-4-11)7-19-9-16-8-17-19/h1-6,8-9H,7H2,(H,18,20). The molecule has 2 heterocycles. The Hall–Kier alpha value is -2.41. The normalized spacial score (nSPS) is 10.5. The van der Waals surface area contributed by atoms with Gasteiger partial charge in [-0.15, -0.1) is 0 Å². The lowest BCUT2D eigenvalue weighted by Crippen LogP contribution is -2.11. The third-order valence-electron chi connectivity index (χ3n) is 2.89. The molecular weight excluding hydrogens is 336 g/mol. The SMILES string of the molecule is O=C(Nc1ccc(Cn2cncn2)cc1)c1ccoc1Br. The van der Waals surface area contributed by atoms with Gasteiger partial charge >= 0.3 is 0 Å². The van der Waals surface area contributed by atoms with Gasteiger partial charge in [-0.25, -0.2) is 9.67 Å². The van der Waals surface area contributed by atoms with Crippen molar-refractivity contribution >= 4 is 27.5 Å². The van der Waals surface area contributed by atoms with Crippen LogP contribution in [0.1, 0.15) is 15.9 Å². The summed E-state index contributed by atoms with van der Waals surface area (Å²) in [5, 5.41) is 6.85. The molecule has 21 heavy (non-hydrogen) atoms. The lowest BCUT2D eigenvalue weighted by atomic mass is 10.2. The van der Waals surface area contributed by atoms with Crippen molar-refractivity contribution in [3.8, 4) is 0 Å². The number of furan rings is 1. The highest BCUT2D eigenvalue weighted by Gasteiger charge is 2.12. The van der Waals surface area contributed by atoms with Crippen molar-refractivity contribution in [1.82, 2.24) is 14.8 Å². The molecule has 0 fully saturated rings. The zero-order valence-corrected chi connectivity index (χ0v) is 12.4. The number of nitrogens with zero attached hydrogens (tertiary/aromatic N) is 3. The highest BCUT2D eigenvalue weighted by Crippen LogP contribution is 2.19. The van der Waals surface area contributed by atoms with Crippen molar-refractivity contribution in [2.75, 3.05) is 5.32 Å². The third kappa shape index (κ3) is 3.19. The second kappa shape index (κ2) is 5.92. The Kier molecular flexibility index (Phi) is 3.83. The van der Waals surface area contributed by atoms with Gasteiger partial charge in [0.15, 0.2) is 4.67 Å². The molecule has 1 N–H and O–H groups in total. The fourth-order valence-electron chi connectivity index (χ4n) is 1.85. The molecule has 7 heteroatoms. The third-order valence-corrected chi connectivity index (χ3v) is 3.50. The number of hydrogen-bond acceptors (Lipinski definition) is 4. The molecule has 0 unspecified atom stereocenters. The molecule has 1 aromatic carbocycles. The van der Waals surface area contributed by atoms with Gasteiger partial charge in [0.05, 0.1) is 18.4 Å². The van der Waals surface area contributed by atoms with E-state index in [-0.39, 0.29) is 5.91 Å². The quantitative estimate of drug-likeness (QED) is 0.788. The van der Waals surface area contributed by atoms with Crippen LogP contribution in [-0.4, -0.2) is 20.7 Å². The molecule has 0 atom stereocenters. The van der Waals surface area contributed by atoms with Crippen molar-refractivity contribution in [3.63, 3.8) is 0 Å². The van der Waals surface area contributed by atoms with E-state index in [1.165, 1.54) is 12.6 Å². The predicted octanol–water partition coefficient (Wildman–Crippen LogP) is 2.93. The van der Waals surface area contributed by atoms with E-state index in [9.17, 15) is 4.79 Å². The van der Waals surface area contributed by atoms with Gasteiger partial charge in [-0.2, -0.15) is 5.10 Å². The van der Waals surface area contributed by atoms with E-state index in [1.807, 2.05) is 24.3 Å². The highest BCUT2D eigenvalue weighted by molar-refractivity contribution is 9.10. The van der Waals surface area contributed by atoms with Crippen LogP contribution in [0, 0.1) is 0 Å². The molecule has 0 radical (unpaired) electrons. The fourth-order valence-corrected chi connectivity index (χ4v) is 2.27. The van der Waals surface area contributed by atoms with E-state index >= 15 is 0 Å². The summed E-state index contributed by atoms with van der Waals surface area (Å²) < 4.78 is 7.19. The zero-order chi connectivity index (χ0) is 14.7. The lowest BCUT2D eigenvalue weighted by Gasteiger charge is -2.06. The van der Waals surface area contributed by atoms with E-state index in [0.29, 0.717) is 16.8 Å². The fraction of sp³-hybridized carbons (Fsp3) is 0.0714. The van der Waals surface area contributed by atoms with Crippen molar-refractivity contribution in [3.05, 3.63) is 65.0 Å². The summed E-state index contributed by atoms with van der Waals surface area (Å²) in [6, 6.07) is 9.16. The second-order valence-electron chi connectivity index (χ2n) is 4.35. The summed E-state index contributed by atoms with van der Waals surface area (Å²) in [6.45, 7) is 0.640. The van der Waals surface area contributed by atoms with Crippen LogP contribution in [0.15, 0.2) is 58.3 Å². The molecule has 106 valence electrons. The number of nitrogens with one attached hydrogen (secondary N) is 1. The first-order chi connectivity index (χ1) is 10.2. The first-order valence-electron chi connectivity index (χ1n) is 6.18. The van der Waals surface area contributed by atoms with Crippen LogP contribution in [0.25, 0.3) is 0 Å². The molecule has 0 bridgehead atoms. The number of amides is 1. The van der Waals surface area contributed by atoms with Gasteiger partial charge in [-0.05, 0) is 39.7 Å². The molecule has 0 aliphatic rings. The first-order valence-corrected chi connectivity index (χ1v) is 6.97. The molecule has 6 nitrogen and oxygen atoms in total. The van der Waals surface area contributed by atoms with Crippen LogP contribution in [0.5, 0.6) is 0 Å². The highest BCUT2D eigenvalue weighted by atomic mass is 79.9. The Morgan fingerprint density at radius 3 is 2.71 bits per heavy atom. The Morgan fingerprint density at radius 2 is 2.10 bits per heavy atom. The topological polar surface area (TPSA) is 73.0 Å². The van der Waals surface area contributed by atoms with Crippen molar-refractivity contribution in [2.45, 2.75) is 6.54 Å². The van der Waals surface area contributed by atoms with Crippen molar-refractivity contribution < 1.29 is 9.21 Å². The number of hydrogen-bond donors (Lipinski definition) is 1. The van der Waals surface area contributed by atoms with Gasteiger partial charge < -0.3 is 9.73 Å². The minimum atomic E-state index is -0.223. The number of aromatic nitrogens is 3. The molecule has 0 aliphatic carbocycles. The molecule has 2 aromatic heterocycles. The Morgan fingerprint density at radius 1 is 1.29 bits per heavy atom. The van der Waals surface area contributed by atoms with Crippen LogP contribution in [-0.2, 0) is 6.54 Å².